The Labute approximate surface area is 102 Å². The molecule has 1 N–H and O–H groups in total. The third-order valence-corrected chi connectivity index (χ3v) is 2.61. The number of nitrogens with one attached hydrogen (secondary N) is 1. The molecule has 0 spiro atoms. The minimum Gasteiger partial charge on any atom is -0.490 e. The number of pyridine rings is 1. The maximum absolute atomic E-state index is 5.75. The van der Waals surface area contributed by atoms with Crippen molar-refractivity contribution >= 4 is 10.9 Å². The van der Waals surface area contributed by atoms with Crippen molar-refractivity contribution in [1.29, 1.82) is 0 Å². The fourth-order valence-corrected chi connectivity index (χ4v) is 1.74. The molecule has 2 aromatic rings. The van der Waals surface area contributed by atoms with E-state index in [9.17, 15) is 0 Å². The number of para-hydroxylation sites is 1. The number of rotatable bonds is 5. The second-order valence-corrected chi connectivity index (χ2v) is 3.98. The number of aryl methyl sites for hydroxylation is 1. The van der Waals surface area contributed by atoms with Gasteiger partial charge in [-0.1, -0.05) is 25.1 Å². The molecular weight excluding hydrogens is 212 g/mol. The molecule has 0 atom stereocenters. The van der Waals surface area contributed by atoms with Crippen LogP contribution in [0.5, 0.6) is 5.75 Å². The van der Waals surface area contributed by atoms with Crippen LogP contribution >= 0.6 is 0 Å². The van der Waals surface area contributed by atoms with E-state index in [0.29, 0.717) is 6.61 Å². The highest BCUT2D eigenvalue weighted by Gasteiger charge is 2.03. The van der Waals surface area contributed by atoms with E-state index < -0.39 is 0 Å². The van der Waals surface area contributed by atoms with Crippen molar-refractivity contribution in [1.82, 2.24) is 10.3 Å². The first-order chi connectivity index (χ1) is 8.31. The van der Waals surface area contributed by atoms with E-state index in [4.69, 9.17) is 4.74 Å². The van der Waals surface area contributed by atoms with E-state index in [1.54, 1.807) is 0 Å². The molecule has 90 valence electrons. The first-order valence-corrected chi connectivity index (χ1v) is 6.01. The van der Waals surface area contributed by atoms with Crippen molar-refractivity contribution in [3.05, 3.63) is 36.0 Å². The lowest BCUT2D eigenvalue weighted by Crippen LogP contribution is -2.20. The summed E-state index contributed by atoms with van der Waals surface area (Å²) in [5.41, 5.74) is 1.96. The molecule has 0 radical (unpaired) electrons. The van der Waals surface area contributed by atoms with Gasteiger partial charge in [0.05, 0.1) is 0 Å². The van der Waals surface area contributed by atoms with Gasteiger partial charge in [0.2, 0.25) is 0 Å². The molecule has 0 aliphatic rings. The standard InChI is InChI=1S/C14H18N2O/c1-3-15-9-10-17-13-6-4-5-12-8-7-11(2)16-14(12)13/h4-8,15H,3,9-10H2,1-2H3. The van der Waals surface area contributed by atoms with Gasteiger partial charge in [-0.05, 0) is 25.6 Å². The molecule has 0 fully saturated rings. The Morgan fingerprint density at radius 2 is 2.12 bits per heavy atom. The largest absolute Gasteiger partial charge is 0.490 e. The second kappa shape index (κ2) is 5.64. The molecule has 2 rings (SSSR count). The van der Waals surface area contributed by atoms with Crippen molar-refractivity contribution in [2.45, 2.75) is 13.8 Å². The lowest BCUT2D eigenvalue weighted by molar-refractivity contribution is 0.318. The molecule has 17 heavy (non-hydrogen) atoms. The molecule has 0 unspecified atom stereocenters. The van der Waals surface area contributed by atoms with Crippen LogP contribution in [0, 0.1) is 6.92 Å². The number of hydrogen-bond acceptors (Lipinski definition) is 3. The summed E-state index contributed by atoms with van der Waals surface area (Å²) in [5.74, 6) is 0.865. The van der Waals surface area contributed by atoms with Crippen LogP contribution in [0.1, 0.15) is 12.6 Å². The van der Waals surface area contributed by atoms with Gasteiger partial charge in [-0.15, -0.1) is 0 Å². The maximum atomic E-state index is 5.75. The van der Waals surface area contributed by atoms with Crippen molar-refractivity contribution in [2.75, 3.05) is 19.7 Å². The Morgan fingerprint density at radius 1 is 1.24 bits per heavy atom. The molecule has 3 heteroatoms. The smallest absolute Gasteiger partial charge is 0.145 e. The Hall–Kier alpha value is -1.61. The van der Waals surface area contributed by atoms with Crippen LogP contribution in [0.2, 0.25) is 0 Å². The monoisotopic (exact) mass is 230 g/mol. The van der Waals surface area contributed by atoms with E-state index in [1.165, 1.54) is 0 Å². The lowest BCUT2D eigenvalue weighted by atomic mass is 10.2. The van der Waals surface area contributed by atoms with Crippen LogP contribution in [0.15, 0.2) is 30.3 Å². The average molecular weight is 230 g/mol. The molecular formula is C14H18N2O. The molecule has 0 aliphatic carbocycles. The minimum atomic E-state index is 0.669. The maximum Gasteiger partial charge on any atom is 0.145 e. The van der Waals surface area contributed by atoms with Gasteiger partial charge in [0.1, 0.15) is 17.9 Å². The number of nitrogens with zero attached hydrogens (tertiary/aromatic N) is 1. The molecule has 0 saturated carbocycles. The summed E-state index contributed by atoms with van der Waals surface area (Å²) >= 11 is 0. The van der Waals surface area contributed by atoms with Gasteiger partial charge in [-0.2, -0.15) is 0 Å². The molecule has 3 nitrogen and oxygen atoms in total. The van der Waals surface area contributed by atoms with E-state index in [-0.39, 0.29) is 0 Å². The molecule has 1 aromatic heterocycles. The van der Waals surface area contributed by atoms with E-state index in [0.717, 1.165) is 35.4 Å². The van der Waals surface area contributed by atoms with Gasteiger partial charge in [-0.3, -0.25) is 0 Å². The van der Waals surface area contributed by atoms with Gasteiger partial charge in [0, 0.05) is 17.6 Å². The molecule has 1 aromatic carbocycles. The van der Waals surface area contributed by atoms with Crippen LogP contribution in [0.3, 0.4) is 0 Å². The molecule has 1 heterocycles. The number of hydrogen-bond donors (Lipinski definition) is 1. The van der Waals surface area contributed by atoms with Crippen LogP contribution in [-0.2, 0) is 0 Å². The van der Waals surface area contributed by atoms with Crippen LogP contribution in [-0.4, -0.2) is 24.7 Å². The summed E-state index contributed by atoms with van der Waals surface area (Å²) in [6.45, 7) is 6.58. The van der Waals surface area contributed by atoms with Gasteiger partial charge >= 0.3 is 0 Å². The zero-order chi connectivity index (χ0) is 12.1. The first-order valence-electron chi connectivity index (χ1n) is 6.01. The Balaban J connectivity index is 2.18. The van der Waals surface area contributed by atoms with Crippen LogP contribution in [0.25, 0.3) is 10.9 Å². The molecule has 0 amide bonds. The summed E-state index contributed by atoms with van der Waals surface area (Å²) in [5, 5.41) is 4.35. The number of aromatic nitrogens is 1. The van der Waals surface area contributed by atoms with E-state index in [2.05, 4.69) is 29.4 Å². The van der Waals surface area contributed by atoms with Crippen LogP contribution in [0.4, 0.5) is 0 Å². The fourth-order valence-electron chi connectivity index (χ4n) is 1.74. The van der Waals surface area contributed by atoms with Crippen molar-refractivity contribution in [2.24, 2.45) is 0 Å². The number of ether oxygens (including phenoxy) is 1. The summed E-state index contributed by atoms with van der Waals surface area (Å²) in [6, 6.07) is 10.1. The molecule has 0 aliphatic heterocycles. The van der Waals surface area contributed by atoms with Gasteiger partial charge in [0.25, 0.3) is 0 Å². The van der Waals surface area contributed by atoms with Crippen LogP contribution < -0.4 is 10.1 Å². The van der Waals surface area contributed by atoms with Crippen molar-refractivity contribution in [3.8, 4) is 5.75 Å². The number of benzene rings is 1. The zero-order valence-electron chi connectivity index (χ0n) is 10.4. The normalized spacial score (nSPS) is 10.7. The minimum absolute atomic E-state index is 0.669. The molecule has 0 bridgehead atoms. The Morgan fingerprint density at radius 3 is 2.94 bits per heavy atom. The van der Waals surface area contributed by atoms with Gasteiger partial charge in [-0.25, -0.2) is 4.98 Å². The summed E-state index contributed by atoms with van der Waals surface area (Å²) < 4.78 is 5.75. The molecule has 0 saturated heterocycles. The Bertz CT molecular complexity index is 497. The summed E-state index contributed by atoms with van der Waals surface area (Å²) in [7, 11) is 0. The predicted molar refractivity (Wildman–Crippen MR) is 70.5 cm³/mol. The van der Waals surface area contributed by atoms with E-state index >= 15 is 0 Å². The summed E-state index contributed by atoms with van der Waals surface area (Å²) in [6.07, 6.45) is 0. The third-order valence-electron chi connectivity index (χ3n) is 2.61. The highest BCUT2D eigenvalue weighted by molar-refractivity contribution is 5.84. The van der Waals surface area contributed by atoms with E-state index in [1.807, 2.05) is 25.1 Å². The predicted octanol–water partition coefficient (Wildman–Crippen LogP) is 2.53. The Kier molecular flexibility index (Phi) is 3.94. The highest BCUT2D eigenvalue weighted by Crippen LogP contribution is 2.23. The lowest BCUT2D eigenvalue weighted by Gasteiger charge is -2.09. The first kappa shape index (κ1) is 11.9. The quantitative estimate of drug-likeness (QED) is 0.801. The van der Waals surface area contributed by atoms with Crippen molar-refractivity contribution < 1.29 is 4.74 Å². The highest BCUT2D eigenvalue weighted by atomic mass is 16.5. The van der Waals surface area contributed by atoms with Gasteiger partial charge in [0.15, 0.2) is 0 Å². The third kappa shape index (κ3) is 2.94. The fraction of sp³-hybridized carbons (Fsp3) is 0.357. The zero-order valence-corrected chi connectivity index (χ0v) is 10.4. The number of likely N-dealkylation sites (N-methyl/N-ethyl adjacent to an activating group) is 1. The second-order valence-electron chi connectivity index (χ2n) is 3.98. The summed E-state index contributed by atoms with van der Waals surface area (Å²) in [4.78, 5) is 4.53. The number of fused-ring (bicyclic) bond motifs is 1. The SMILES string of the molecule is CCNCCOc1cccc2ccc(C)nc12. The van der Waals surface area contributed by atoms with Gasteiger partial charge < -0.3 is 10.1 Å². The topological polar surface area (TPSA) is 34.1 Å². The average Bonchev–Trinajstić information content (AvgIpc) is 2.35. The van der Waals surface area contributed by atoms with Crippen molar-refractivity contribution in [3.63, 3.8) is 0 Å².